The molecule has 0 saturated heterocycles. The highest BCUT2D eigenvalue weighted by Gasteiger charge is 2.29. The van der Waals surface area contributed by atoms with Crippen molar-refractivity contribution in [3.63, 3.8) is 0 Å². The summed E-state index contributed by atoms with van der Waals surface area (Å²) >= 11 is 0. The van der Waals surface area contributed by atoms with E-state index in [0.29, 0.717) is 18.5 Å². The molecule has 0 amide bonds. The maximum Gasteiger partial charge on any atom is 0.269 e. The molecule has 0 aliphatic rings. The molecule has 0 saturated carbocycles. The zero-order chi connectivity index (χ0) is 18.4. The maximum absolute atomic E-state index is 11.3. The Hall–Kier alpha value is -2.48. The van der Waals surface area contributed by atoms with E-state index in [0.717, 1.165) is 16.2 Å². The minimum Gasteiger partial charge on any atom is -0.758 e. The van der Waals surface area contributed by atoms with Crippen molar-refractivity contribution in [3.8, 4) is 0 Å². The van der Waals surface area contributed by atoms with E-state index in [1.54, 1.807) is 36.4 Å². The van der Waals surface area contributed by atoms with Gasteiger partial charge in [0.1, 0.15) is 0 Å². The summed E-state index contributed by atoms with van der Waals surface area (Å²) in [4.78, 5) is 10.3. The molecule has 0 bridgehead atoms. The average Bonchev–Trinajstić information content (AvgIpc) is 2.62. The van der Waals surface area contributed by atoms with Gasteiger partial charge in [-0.3, -0.25) is 10.1 Å². The van der Waals surface area contributed by atoms with Gasteiger partial charge in [0.25, 0.3) is 5.69 Å². The molecule has 0 aliphatic heterocycles. The number of nitro groups is 1. The monoisotopic (exact) mass is 345 g/mol. The minimum absolute atomic E-state index is 0.000307. The van der Waals surface area contributed by atoms with Gasteiger partial charge in [0.15, 0.2) is 0 Å². The number of benzene rings is 2. The molecule has 0 heterocycles. The van der Waals surface area contributed by atoms with Crippen molar-refractivity contribution < 1.29 is 15.1 Å². The van der Waals surface area contributed by atoms with Crippen LogP contribution < -0.4 is 5.06 Å². The second-order valence-electron chi connectivity index (χ2n) is 6.26. The van der Waals surface area contributed by atoms with E-state index in [-0.39, 0.29) is 18.9 Å². The Morgan fingerprint density at radius 2 is 1.40 bits per heavy atom. The van der Waals surface area contributed by atoms with Crippen LogP contribution in [-0.2, 0) is 12.8 Å². The second kappa shape index (κ2) is 8.06. The third-order valence-electron chi connectivity index (χ3n) is 4.28. The first-order valence-corrected chi connectivity index (χ1v) is 7.84. The Labute approximate surface area is 145 Å². The largest absolute Gasteiger partial charge is 0.758 e. The number of hydroxylamine groups is 1. The van der Waals surface area contributed by atoms with Gasteiger partial charge in [-0.2, -0.15) is 0 Å². The Bertz CT molecular complexity index is 694. The van der Waals surface area contributed by atoms with Crippen molar-refractivity contribution in [1.29, 1.82) is 0 Å². The smallest absolute Gasteiger partial charge is 0.269 e. The fourth-order valence-electron chi connectivity index (χ4n) is 2.76. The minimum atomic E-state index is -0.791. The normalized spacial score (nSPS) is 11.4. The highest BCUT2D eigenvalue weighted by molar-refractivity contribution is 5.47. The number of non-ortho nitro benzene ring substituents is 1. The first kappa shape index (κ1) is 18.9. The molecule has 0 aliphatic carbocycles. The number of aliphatic hydroxyl groups excluding tert-OH is 2. The fraction of sp³-hybridized carbons (Fsp3) is 0.333. The molecular weight excluding hydrogens is 324 g/mol. The second-order valence-corrected chi connectivity index (χ2v) is 6.26. The van der Waals surface area contributed by atoms with Crippen molar-refractivity contribution >= 4 is 11.4 Å². The molecule has 0 unspecified atom stereocenters. The molecule has 0 aromatic heterocycles. The van der Waals surface area contributed by atoms with Crippen LogP contribution in [0.5, 0.6) is 0 Å². The van der Waals surface area contributed by atoms with E-state index < -0.39 is 10.3 Å². The molecule has 2 rings (SSSR count). The van der Waals surface area contributed by atoms with E-state index in [2.05, 4.69) is 0 Å². The molecule has 25 heavy (non-hydrogen) atoms. The molecule has 7 nitrogen and oxygen atoms in total. The average molecular weight is 345 g/mol. The topological polar surface area (TPSA) is 110 Å². The summed E-state index contributed by atoms with van der Waals surface area (Å²) in [6.45, 7) is -0.465. The molecule has 0 spiro atoms. The molecule has 0 fully saturated rings. The van der Waals surface area contributed by atoms with E-state index in [1.807, 2.05) is 0 Å². The van der Waals surface area contributed by atoms with Crippen LogP contribution in [0.25, 0.3) is 0 Å². The number of hydrogen-bond donors (Lipinski definition) is 2. The van der Waals surface area contributed by atoms with Crippen molar-refractivity contribution in [2.24, 2.45) is 5.41 Å². The number of rotatable bonds is 8. The van der Waals surface area contributed by atoms with E-state index in [1.165, 1.54) is 19.2 Å². The lowest BCUT2D eigenvalue weighted by Crippen LogP contribution is -2.34. The highest BCUT2D eigenvalue weighted by Crippen LogP contribution is 2.29. The van der Waals surface area contributed by atoms with Crippen LogP contribution in [-0.4, -0.2) is 35.4 Å². The summed E-state index contributed by atoms with van der Waals surface area (Å²) in [7, 11) is 1.41. The summed E-state index contributed by atoms with van der Waals surface area (Å²) in [5, 5.41) is 42.5. The third kappa shape index (κ3) is 4.76. The Kier molecular flexibility index (Phi) is 6.08. The van der Waals surface area contributed by atoms with Gasteiger partial charge in [-0.25, -0.2) is 0 Å². The van der Waals surface area contributed by atoms with Crippen molar-refractivity contribution in [1.82, 2.24) is 0 Å². The third-order valence-corrected chi connectivity index (χ3v) is 4.28. The predicted molar refractivity (Wildman–Crippen MR) is 95.3 cm³/mol. The van der Waals surface area contributed by atoms with Crippen LogP contribution in [0.2, 0.25) is 0 Å². The zero-order valence-electron chi connectivity index (χ0n) is 14.0. The van der Waals surface area contributed by atoms with Gasteiger partial charge < -0.3 is 20.5 Å². The standard InChI is InChI=1S/C18H21N2O5/c1-19(23)16-6-2-14(3-7-16)10-18(12-21,13-22)11-15-4-8-17(9-5-15)20(24)25/h2-9,21-22H,10-13H2,1H3/q-1. The van der Waals surface area contributed by atoms with Gasteiger partial charge in [0.2, 0.25) is 0 Å². The Morgan fingerprint density at radius 1 is 0.960 bits per heavy atom. The van der Waals surface area contributed by atoms with Crippen molar-refractivity contribution in [2.75, 3.05) is 25.3 Å². The molecule has 134 valence electrons. The number of anilines is 1. The van der Waals surface area contributed by atoms with Crippen LogP contribution in [0.4, 0.5) is 11.4 Å². The summed E-state index contributed by atoms with van der Waals surface area (Å²) in [5.74, 6) is 0. The van der Waals surface area contributed by atoms with Crippen molar-refractivity contribution in [2.45, 2.75) is 12.8 Å². The Balaban J connectivity index is 2.18. The van der Waals surface area contributed by atoms with Gasteiger partial charge in [0.05, 0.1) is 18.1 Å². The molecule has 2 N–H and O–H groups in total. The van der Waals surface area contributed by atoms with Crippen LogP contribution >= 0.6 is 0 Å². The molecular formula is C18H21N2O5-. The number of nitrogens with zero attached hydrogens (tertiary/aromatic N) is 2. The predicted octanol–water partition coefficient (Wildman–Crippen LogP) is 2.29. The lowest BCUT2D eigenvalue weighted by molar-refractivity contribution is -0.384. The highest BCUT2D eigenvalue weighted by atomic mass is 16.6. The lowest BCUT2D eigenvalue weighted by atomic mass is 9.78. The molecule has 0 radical (unpaired) electrons. The summed E-state index contributed by atoms with van der Waals surface area (Å²) in [6.07, 6.45) is 0.793. The quantitative estimate of drug-likeness (QED) is 0.561. The molecule has 7 heteroatoms. The summed E-state index contributed by atoms with van der Waals surface area (Å²) in [6, 6.07) is 13.0. The van der Waals surface area contributed by atoms with E-state index in [4.69, 9.17) is 0 Å². The SMILES string of the molecule is CN([O-])c1ccc(CC(CO)(CO)Cc2ccc([N+](=O)[O-])cc2)cc1. The number of aliphatic hydroxyl groups is 2. The molecule has 2 aromatic carbocycles. The lowest BCUT2D eigenvalue weighted by Gasteiger charge is -2.31. The number of hydrogen-bond acceptors (Lipinski definition) is 6. The van der Waals surface area contributed by atoms with Gasteiger partial charge >= 0.3 is 0 Å². The van der Waals surface area contributed by atoms with E-state index in [9.17, 15) is 25.5 Å². The zero-order valence-corrected chi connectivity index (χ0v) is 14.0. The van der Waals surface area contributed by atoms with E-state index >= 15 is 0 Å². The van der Waals surface area contributed by atoms with Crippen molar-refractivity contribution in [3.05, 3.63) is 75.0 Å². The van der Waals surface area contributed by atoms with Gasteiger partial charge in [-0.15, -0.1) is 0 Å². The molecule has 2 aromatic rings. The summed E-state index contributed by atoms with van der Waals surface area (Å²) in [5.41, 5.74) is 1.42. The van der Waals surface area contributed by atoms with Crippen LogP contribution in [0.3, 0.4) is 0 Å². The molecule has 0 atom stereocenters. The Morgan fingerprint density at radius 3 is 1.76 bits per heavy atom. The maximum atomic E-state index is 11.3. The first-order chi connectivity index (χ1) is 11.9. The van der Waals surface area contributed by atoms with Gasteiger partial charge in [0, 0.05) is 23.2 Å². The number of nitro benzene ring substituents is 1. The summed E-state index contributed by atoms with van der Waals surface area (Å²) < 4.78 is 0. The van der Waals surface area contributed by atoms with Crippen LogP contribution in [0, 0.1) is 20.7 Å². The van der Waals surface area contributed by atoms with Gasteiger partial charge in [-0.05, 0) is 43.1 Å². The van der Waals surface area contributed by atoms with Crippen LogP contribution in [0.1, 0.15) is 11.1 Å². The fourth-order valence-corrected chi connectivity index (χ4v) is 2.76. The van der Waals surface area contributed by atoms with Crippen LogP contribution in [0.15, 0.2) is 48.5 Å². The van der Waals surface area contributed by atoms with Gasteiger partial charge in [-0.1, -0.05) is 24.3 Å². The first-order valence-electron chi connectivity index (χ1n) is 7.84.